The summed E-state index contributed by atoms with van der Waals surface area (Å²) in [6, 6.07) is 9.08. The first-order valence-corrected chi connectivity index (χ1v) is 7.60. The summed E-state index contributed by atoms with van der Waals surface area (Å²) >= 11 is 0. The van der Waals surface area contributed by atoms with Crippen molar-refractivity contribution >= 4 is 0 Å². The molecule has 1 rings (SSSR count). The molecule has 0 saturated carbocycles. The minimum Gasteiger partial charge on any atom is -0.396 e. The number of aryl methyl sites for hydroxylation is 2. The minimum absolute atomic E-state index is 0.299. The summed E-state index contributed by atoms with van der Waals surface area (Å²) in [5.74, 6) is 0. The third kappa shape index (κ3) is 7.17. The van der Waals surface area contributed by atoms with Crippen molar-refractivity contribution in [2.45, 2.75) is 58.8 Å². The van der Waals surface area contributed by atoms with E-state index in [1.807, 2.05) is 0 Å². The average molecular weight is 260 g/mol. The summed E-state index contributed by atoms with van der Waals surface area (Å²) in [6.45, 7) is 4.72. The van der Waals surface area contributed by atoms with Crippen molar-refractivity contribution in [1.82, 2.24) is 0 Å². The molecule has 0 radical (unpaired) electrons. The van der Waals surface area contributed by atoms with Gasteiger partial charge in [0.2, 0.25) is 0 Å². The smallest absolute Gasteiger partial charge is 0.0433 e. The van der Waals surface area contributed by atoms with E-state index in [1.54, 1.807) is 0 Å². The molecular formula is C18H28O. The summed E-state index contributed by atoms with van der Waals surface area (Å²) in [4.78, 5) is 0. The van der Waals surface area contributed by atoms with Gasteiger partial charge in [0.25, 0.3) is 0 Å². The van der Waals surface area contributed by atoms with Gasteiger partial charge in [0.15, 0.2) is 0 Å². The molecular weight excluding hydrogens is 232 g/mol. The number of benzene rings is 1. The molecule has 0 aliphatic heterocycles. The molecule has 0 unspecified atom stereocenters. The Balaban J connectivity index is 2.26. The van der Waals surface area contributed by atoms with Crippen LogP contribution in [0.5, 0.6) is 0 Å². The molecule has 0 fully saturated rings. The van der Waals surface area contributed by atoms with Crippen LogP contribution in [0, 0.1) is 0 Å². The zero-order valence-corrected chi connectivity index (χ0v) is 12.5. The van der Waals surface area contributed by atoms with Crippen LogP contribution >= 0.6 is 0 Å². The van der Waals surface area contributed by atoms with Gasteiger partial charge in [0, 0.05) is 6.61 Å². The lowest BCUT2D eigenvalue weighted by atomic mass is 10.0. The van der Waals surface area contributed by atoms with Crippen LogP contribution in [0.4, 0.5) is 0 Å². The van der Waals surface area contributed by atoms with Crippen LogP contribution in [0.1, 0.15) is 57.1 Å². The molecule has 0 aliphatic carbocycles. The van der Waals surface area contributed by atoms with Gasteiger partial charge in [-0.3, -0.25) is 0 Å². The zero-order valence-electron chi connectivity index (χ0n) is 12.5. The molecule has 0 heterocycles. The Bertz CT molecular complexity index is 362. The summed E-state index contributed by atoms with van der Waals surface area (Å²) in [5, 5.41) is 8.74. The minimum atomic E-state index is 0.299. The fraction of sp³-hybridized carbons (Fsp3) is 0.556. The Hall–Kier alpha value is -1.08. The Labute approximate surface area is 118 Å². The fourth-order valence-corrected chi connectivity index (χ4v) is 2.27. The maximum absolute atomic E-state index is 8.74. The Morgan fingerprint density at radius 1 is 1.05 bits per heavy atom. The summed E-state index contributed by atoms with van der Waals surface area (Å²) in [7, 11) is 0. The van der Waals surface area contributed by atoms with Gasteiger partial charge in [-0.05, 0) is 56.6 Å². The average Bonchev–Trinajstić information content (AvgIpc) is 2.41. The van der Waals surface area contributed by atoms with Crippen LogP contribution in [0.3, 0.4) is 0 Å². The number of aliphatic hydroxyl groups is 1. The Morgan fingerprint density at radius 3 is 2.26 bits per heavy atom. The van der Waals surface area contributed by atoms with Gasteiger partial charge >= 0.3 is 0 Å². The lowest BCUT2D eigenvalue weighted by molar-refractivity contribution is 0.289. The largest absolute Gasteiger partial charge is 0.396 e. The molecule has 0 spiro atoms. The number of unbranched alkanes of at least 4 members (excludes halogenated alkanes) is 1. The summed E-state index contributed by atoms with van der Waals surface area (Å²) in [5.41, 5.74) is 4.35. The quantitative estimate of drug-likeness (QED) is 0.505. The Morgan fingerprint density at radius 2 is 1.68 bits per heavy atom. The van der Waals surface area contributed by atoms with Crippen molar-refractivity contribution in [3.05, 3.63) is 47.0 Å². The highest BCUT2D eigenvalue weighted by Crippen LogP contribution is 2.12. The first-order valence-electron chi connectivity index (χ1n) is 7.60. The van der Waals surface area contributed by atoms with Crippen LogP contribution in [0.15, 0.2) is 35.9 Å². The maximum atomic E-state index is 8.74. The predicted octanol–water partition coefficient (Wildman–Crippen LogP) is 4.68. The highest BCUT2D eigenvalue weighted by atomic mass is 16.2. The third-order valence-electron chi connectivity index (χ3n) is 3.45. The van der Waals surface area contributed by atoms with Crippen LogP contribution in [0.25, 0.3) is 0 Å². The second-order valence-electron chi connectivity index (χ2n) is 5.34. The number of allylic oxidation sites excluding steroid dienone is 2. The molecule has 1 aromatic carbocycles. The molecule has 0 aromatic heterocycles. The van der Waals surface area contributed by atoms with Crippen LogP contribution in [-0.2, 0) is 12.8 Å². The van der Waals surface area contributed by atoms with Gasteiger partial charge in [0.05, 0.1) is 0 Å². The van der Waals surface area contributed by atoms with E-state index < -0.39 is 0 Å². The van der Waals surface area contributed by atoms with Gasteiger partial charge in [-0.1, -0.05) is 49.3 Å². The summed E-state index contributed by atoms with van der Waals surface area (Å²) in [6.07, 6.45) is 10.1. The third-order valence-corrected chi connectivity index (χ3v) is 3.45. The highest BCUT2D eigenvalue weighted by Gasteiger charge is 1.96. The van der Waals surface area contributed by atoms with Crippen LogP contribution in [-0.4, -0.2) is 11.7 Å². The molecule has 0 atom stereocenters. The molecule has 1 N–H and O–H groups in total. The van der Waals surface area contributed by atoms with Crippen molar-refractivity contribution in [3.8, 4) is 0 Å². The van der Waals surface area contributed by atoms with Crippen molar-refractivity contribution in [3.63, 3.8) is 0 Å². The highest BCUT2D eigenvalue weighted by molar-refractivity contribution is 5.22. The van der Waals surface area contributed by atoms with Gasteiger partial charge in [-0.2, -0.15) is 0 Å². The van der Waals surface area contributed by atoms with E-state index in [-0.39, 0.29) is 0 Å². The molecule has 0 bridgehead atoms. The molecule has 1 heteroatoms. The number of rotatable bonds is 9. The van der Waals surface area contributed by atoms with E-state index in [0.717, 1.165) is 19.3 Å². The van der Waals surface area contributed by atoms with Crippen molar-refractivity contribution in [2.75, 3.05) is 6.61 Å². The predicted molar refractivity (Wildman–Crippen MR) is 83.5 cm³/mol. The topological polar surface area (TPSA) is 20.2 Å². The Kier molecular flexibility index (Phi) is 8.24. The standard InChI is InChI=1S/C18H28O/c1-3-7-17-11-13-18(14-12-17)10-6-9-16(2)8-4-5-15-19/h8,11-14,19H,3-7,9-10,15H2,1-2H3/b16-8+. The number of hydrogen-bond acceptors (Lipinski definition) is 1. The first kappa shape index (κ1) is 16.0. The van der Waals surface area contributed by atoms with Crippen molar-refractivity contribution in [1.29, 1.82) is 0 Å². The lowest BCUT2D eigenvalue weighted by Gasteiger charge is -2.04. The normalized spacial score (nSPS) is 11.8. The first-order chi connectivity index (χ1) is 9.26. The number of aliphatic hydroxyl groups excluding tert-OH is 1. The van der Waals surface area contributed by atoms with E-state index in [9.17, 15) is 0 Å². The molecule has 1 nitrogen and oxygen atoms in total. The van der Waals surface area contributed by atoms with Crippen molar-refractivity contribution in [2.24, 2.45) is 0 Å². The monoisotopic (exact) mass is 260 g/mol. The van der Waals surface area contributed by atoms with Crippen LogP contribution in [0.2, 0.25) is 0 Å². The molecule has 0 saturated heterocycles. The van der Waals surface area contributed by atoms with E-state index in [0.29, 0.717) is 6.61 Å². The van der Waals surface area contributed by atoms with Gasteiger partial charge in [0.1, 0.15) is 0 Å². The maximum Gasteiger partial charge on any atom is 0.0433 e. The number of hydrogen-bond donors (Lipinski definition) is 1. The van der Waals surface area contributed by atoms with Crippen LogP contribution < -0.4 is 0 Å². The molecule has 19 heavy (non-hydrogen) atoms. The molecule has 1 aromatic rings. The fourth-order valence-electron chi connectivity index (χ4n) is 2.27. The van der Waals surface area contributed by atoms with Gasteiger partial charge in [-0.15, -0.1) is 0 Å². The second kappa shape index (κ2) is 9.80. The van der Waals surface area contributed by atoms with E-state index in [1.165, 1.54) is 42.4 Å². The van der Waals surface area contributed by atoms with E-state index in [4.69, 9.17) is 5.11 Å². The van der Waals surface area contributed by atoms with E-state index >= 15 is 0 Å². The van der Waals surface area contributed by atoms with Gasteiger partial charge in [-0.25, -0.2) is 0 Å². The summed E-state index contributed by atoms with van der Waals surface area (Å²) < 4.78 is 0. The lowest BCUT2D eigenvalue weighted by Crippen LogP contribution is -1.89. The van der Waals surface area contributed by atoms with E-state index in [2.05, 4.69) is 44.2 Å². The molecule has 0 aliphatic rings. The van der Waals surface area contributed by atoms with Crippen molar-refractivity contribution < 1.29 is 5.11 Å². The SMILES string of the molecule is CCCc1ccc(CCC/C(C)=C/CCCO)cc1. The van der Waals surface area contributed by atoms with Gasteiger partial charge < -0.3 is 5.11 Å². The second-order valence-corrected chi connectivity index (χ2v) is 5.34. The zero-order chi connectivity index (χ0) is 13.9. The molecule has 106 valence electrons. The molecule has 0 amide bonds.